The largest absolute Gasteiger partial charge is 0.490 e. The second-order valence-corrected chi connectivity index (χ2v) is 8.98. The molecule has 0 fully saturated rings. The molecule has 29 heavy (non-hydrogen) atoms. The fraction of sp³-hybridized carbons (Fsp3) is 0.550. The Labute approximate surface area is 192 Å². The van der Waals surface area contributed by atoms with Crippen molar-refractivity contribution in [3.8, 4) is 11.5 Å². The van der Waals surface area contributed by atoms with Gasteiger partial charge in [0.25, 0.3) is 0 Å². The van der Waals surface area contributed by atoms with Gasteiger partial charge in [-0.05, 0) is 46.6 Å². The highest BCUT2D eigenvalue weighted by molar-refractivity contribution is 6.55. The van der Waals surface area contributed by atoms with E-state index in [-0.39, 0.29) is 16.7 Å². The van der Waals surface area contributed by atoms with E-state index in [1.807, 2.05) is 27.7 Å². The zero-order chi connectivity index (χ0) is 21.9. The quantitative estimate of drug-likeness (QED) is 0.180. The summed E-state index contributed by atoms with van der Waals surface area (Å²) < 4.78 is 16.9. The Balaban J connectivity index is 2.30. The summed E-state index contributed by atoms with van der Waals surface area (Å²) >= 11 is 23.5. The maximum Gasteiger partial charge on any atom is 0.156 e. The summed E-state index contributed by atoms with van der Waals surface area (Å²) in [5.74, 6) is 0.925. The molecule has 0 N–H and O–H groups in total. The van der Waals surface area contributed by atoms with Crippen LogP contribution >= 0.6 is 46.4 Å². The molecule has 0 amide bonds. The number of oxime groups is 1. The number of rotatable bonds is 12. The summed E-state index contributed by atoms with van der Waals surface area (Å²) in [6.07, 6.45) is 3.14. The second kappa shape index (κ2) is 13.5. The number of nitrogens with zero attached hydrogens (tertiary/aromatic N) is 1. The summed E-state index contributed by atoms with van der Waals surface area (Å²) in [7, 11) is 0. The number of ether oxygens (including phenoxy) is 3. The van der Waals surface area contributed by atoms with Crippen LogP contribution < -0.4 is 9.47 Å². The van der Waals surface area contributed by atoms with E-state index in [9.17, 15) is 0 Å². The van der Waals surface area contributed by atoms with Gasteiger partial charge in [-0.25, -0.2) is 0 Å². The molecule has 9 heteroatoms. The lowest BCUT2D eigenvalue weighted by molar-refractivity contribution is -0.000660. The molecule has 164 valence electrons. The Hall–Kier alpha value is -0.850. The van der Waals surface area contributed by atoms with Gasteiger partial charge >= 0.3 is 0 Å². The Morgan fingerprint density at radius 2 is 1.66 bits per heavy atom. The highest BCUT2D eigenvalue weighted by Gasteiger charge is 2.11. The molecule has 1 aromatic carbocycles. The normalized spacial score (nSPS) is 11.9. The SMILES string of the molecule is CC(COCCCCOc1c(Cl)cc(OCC=C(Cl)Cl)cc1Cl)=NOC(C)(C)C. The monoisotopic (exact) mass is 485 g/mol. The van der Waals surface area contributed by atoms with Gasteiger partial charge in [0.1, 0.15) is 22.4 Å². The molecule has 0 radical (unpaired) electrons. The molecule has 0 aliphatic rings. The molecule has 0 heterocycles. The molecule has 0 saturated carbocycles. The first kappa shape index (κ1) is 26.2. The minimum absolute atomic E-state index is 0.131. The standard InChI is InChI=1S/C20H27Cl4NO4/c1-14(25-29-20(2,3)4)13-26-8-5-6-9-28-19-16(21)11-15(12-17(19)22)27-10-7-18(23)24/h7,11-12H,5-6,8-10,13H2,1-4H3. The van der Waals surface area contributed by atoms with Crippen LogP contribution in [0.1, 0.15) is 40.5 Å². The summed E-state index contributed by atoms with van der Waals surface area (Å²) in [4.78, 5) is 5.34. The minimum atomic E-state index is -0.305. The van der Waals surface area contributed by atoms with Crippen molar-refractivity contribution in [2.75, 3.05) is 26.4 Å². The first-order valence-corrected chi connectivity index (χ1v) is 10.6. The maximum absolute atomic E-state index is 6.23. The van der Waals surface area contributed by atoms with Gasteiger partial charge in [0.15, 0.2) is 5.75 Å². The summed E-state index contributed by atoms with van der Waals surface area (Å²) in [5, 5.41) is 4.78. The summed E-state index contributed by atoms with van der Waals surface area (Å²) in [5.41, 5.74) is 0.487. The molecule has 0 spiro atoms. The highest BCUT2D eigenvalue weighted by Crippen LogP contribution is 2.37. The Kier molecular flexibility index (Phi) is 12.1. The molecule has 0 bridgehead atoms. The van der Waals surface area contributed by atoms with Gasteiger partial charge in [0, 0.05) is 18.7 Å². The summed E-state index contributed by atoms with van der Waals surface area (Å²) in [6, 6.07) is 3.26. The van der Waals surface area contributed by atoms with Crippen molar-refractivity contribution in [2.45, 2.75) is 46.1 Å². The van der Waals surface area contributed by atoms with Gasteiger partial charge < -0.3 is 19.0 Å². The van der Waals surface area contributed by atoms with Gasteiger partial charge in [-0.2, -0.15) is 0 Å². The van der Waals surface area contributed by atoms with Gasteiger partial charge in [-0.1, -0.05) is 51.6 Å². The zero-order valence-electron chi connectivity index (χ0n) is 17.1. The molecule has 0 aromatic heterocycles. The Bertz CT molecular complexity index is 675. The van der Waals surface area contributed by atoms with E-state index in [2.05, 4.69) is 5.16 Å². The molecule has 1 aromatic rings. The molecule has 1 rings (SSSR count). The smallest absolute Gasteiger partial charge is 0.156 e. The van der Waals surface area contributed by atoms with Gasteiger partial charge in [0.05, 0.1) is 29.0 Å². The molecule has 5 nitrogen and oxygen atoms in total. The van der Waals surface area contributed by atoms with E-state index >= 15 is 0 Å². The van der Waals surface area contributed by atoms with E-state index in [0.717, 1.165) is 18.6 Å². The van der Waals surface area contributed by atoms with E-state index in [1.165, 1.54) is 6.08 Å². The third kappa shape index (κ3) is 12.4. The molecule has 0 aliphatic heterocycles. The van der Waals surface area contributed by atoms with Crippen LogP contribution in [0.4, 0.5) is 0 Å². The van der Waals surface area contributed by atoms with E-state index in [4.69, 9.17) is 65.5 Å². The number of benzene rings is 1. The first-order valence-electron chi connectivity index (χ1n) is 9.13. The lowest BCUT2D eigenvalue weighted by Crippen LogP contribution is -2.17. The third-order valence-corrected chi connectivity index (χ3v) is 4.05. The third-order valence-electron chi connectivity index (χ3n) is 3.18. The molecular weight excluding hydrogens is 460 g/mol. The van der Waals surface area contributed by atoms with Crippen molar-refractivity contribution in [2.24, 2.45) is 5.16 Å². The first-order chi connectivity index (χ1) is 13.6. The fourth-order valence-electron chi connectivity index (χ4n) is 1.90. The lowest BCUT2D eigenvalue weighted by atomic mass is 10.2. The average molecular weight is 487 g/mol. The number of unbranched alkanes of at least 4 members (excludes halogenated alkanes) is 1. The van der Waals surface area contributed by atoms with Crippen LogP contribution in [0.25, 0.3) is 0 Å². The van der Waals surface area contributed by atoms with Gasteiger partial charge in [0.2, 0.25) is 0 Å². The summed E-state index contributed by atoms with van der Waals surface area (Å²) in [6.45, 7) is 9.40. The molecule has 0 aliphatic carbocycles. The van der Waals surface area contributed by atoms with Crippen molar-refractivity contribution in [1.82, 2.24) is 0 Å². The topological polar surface area (TPSA) is 49.3 Å². The van der Waals surface area contributed by atoms with Crippen LogP contribution in [-0.2, 0) is 9.57 Å². The van der Waals surface area contributed by atoms with Gasteiger partial charge in [-0.3, -0.25) is 0 Å². The highest BCUT2D eigenvalue weighted by atomic mass is 35.5. The van der Waals surface area contributed by atoms with Crippen LogP contribution in [0, 0.1) is 0 Å². The zero-order valence-corrected chi connectivity index (χ0v) is 20.1. The van der Waals surface area contributed by atoms with E-state index in [1.54, 1.807) is 12.1 Å². The minimum Gasteiger partial charge on any atom is -0.490 e. The van der Waals surface area contributed by atoms with E-state index < -0.39 is 0 Å². The van der Waals surface area contributed by atoms with Crippen molar-refractivity contribution in [1.29, 1.82) is 0 Å². The molecule has 0 atom stereocenters. The second-order valence-electron chi connectivity index (χ2n) is 7.16. The Morgan fingerprint density at radius 1 is 1.03 bits per heavy atom. The van der Waals surface area contributed by atoms with Crippen molar-refractivity contribution in [3.05, 3.63) is 32.7 Å². The maximum atomic E-state index is 6.23. The predicted octanol–water partition coefficient (Wildman–Crippen LogP) is 7.06. The molecular formula is C20H27Cl4NO4. The number of hydrogen-bond donors (Lipinski definition) is 0. The van der Waals surface area contributed by atoms with Crippen molar-refractivity contribution < 1.29 is 19.0 Å². The van der Waals surface area contributed by atoms with Gasteiger partial charge in [-0.15, -0.1) is 0 Å². The number of hydrogen-bond acceptors (Lipinski definition) is 5. The molecule has 0 unspecified atom stereocenters. The van der Waals surface area contributed by atoms with Crippen LogP contribution in [0.3, 0.4) is 0 Å². The van der Waals surface area contributed by atoms with Crippen LogP contribution in [0.15, 0.2) is 27.9 Å². The van der Waals surface area contributed by atoms with Crippen LogP contribution in [-0.4, -0.2) is 37.7 Å². The van der Waals surface area contributed by atoms with Crippen molar-refractivity contribution >= 4 is 52.1 Å². The fourth-order valence-corrected chi connectivity index (χ4v) is 2.60. The molecule has 0 saturated heterocycles. The lowest BCUT2D eigenvalue weighted by Gasteiger charge is -2.16. The van der Waals surface area contributed by atoms with Crippen LogP contribution in [0.2, 0.25) is 10.0 Å². The Morgan fingerprint density at radius 3 is 2.24 bits per heavy atom. The average Bonchev–Trinajstić information content (AvgIpc) is 2.60. The predicted molar refractivity (Wildman–Crippen MR) is 121 cm³/mol. The van der Waals surface area contributed by atoms with Crippen LogP contribution in [0.5, 0.6) is 11.5 Å². The van der Waals surface area contributed by atoms with E-state index in [0.29, 0.717) is 41.4 Å². The number of halogens is 4. The van der Waals surface area contributed by atoms with Crippen molar-refractivity contribution in [3.63, 3.8) is 0 Å².